The molecule has 1 N–H and O–H groups in total. The van der Waals surface area contributed by atoms with E-state index in [1.54, 1.807) is 10.7 Å². The lowest BCUT2D eigenvalue weighted by molar-refractivity contribution is 0.127. The standard InChI is InChI=1S/C15H22BrN5/c1-15(2,3)20-8-4-5-11(20)9-17-13-6-7-14-18-10-12(16)21(14)19-13/h6-7,10-11H,4-5,8-9H2,1-3H3,(H,17,19)/t11-/m0/s1. The molecule has 6 heteroatoms. The van der Waals surface area contributed by atoms with E-state index in [1.807, 2.05) is 12.1 Å². The van der Waals surface area contributed by atoms with Crippen LogP contribution in [0.15, 0.2) is 22.9 Å². The first-order chi connectivity index (χ1) is 9.95. The Morgan fingerprint density at radius 2 is 2.19 bits per heavy atom. The Hall–Kier alpha value is -1.14. The molecule has 0 unspecified atom stereocenters. The summed E-state index contributed by atoms with van der Waals surface area (Å²) in [6.07, 6.45) is 4.30. The van der Waals surface area contributed by atoms with Crippen LogP contribution in [0.5, 0.6) is 0 Å². The van der Waals surface area contributed by atoms with Crippen molar-refractivity contribution in [2.24, 2.45) is 0 Å². The number of fused-ring (bicyclic) bond motifs is 1. The molecule has 1 atom stereocenters. The van der Waals surface area contributed by atoms with Crippen molar-refractivity contribution in [3.05, 3.63) is 22.9 Å². The number of halogens is 1. The van der Waals surface area contributed by atoms with E-state index in [0.717, 1.165) is 22.6 Å². The average molecular weight is 352 g/mol. The lowest BCUT2D eigenvalue weighted by Gasteiger charge is -2.37. The molecule has 1 aliphatic heterocycles. The van der Waals surface area contributed by atoms with Gasteiger partial charge < -0.3 is 5.32 Å². The fraction of sp³-hybridized carbons (Fsp3) is 0.600. The number of aromatic nitrogens is 3. The van der Waals surface area contributed by atoms with E-state index in [2.05, 4.69) is 57.0 Å². The number of imidazole rings is 1. The molecule has 114 valence electrons. The van der Waals surface area contributed by atoms with Crippen LogP contribution < -0.4 is 5.32 Å². The quantitative estimate of drug-likeness (QED) is 0.922. The molecule has 3 heterocycles. The van der Waals surface area contributed by atoms with Gasteiger partial charge in [0.15, 0.2) is 5.65 Å². The third-order valence-electron chi connectivity index (χ3n) is 4.08. The highest BCUT2D eigenvalue weighted by molar-refractivity contribution is 9.10. The molecule has 21 heavy (non-hydrogen) atoms. The maximum atomic E-state index is 4.56. The van der Waals surface area contributed by atoms with Crippen molar-refractivity contribution in [2.45, 2.75) is 45.2 Å². The summed E-state index contributed by atoms with van der Waals surface area (Å²) >= 11 is 3.46. The summed E-state index contributed by atoms with van der Waals surface area (Å²) in [7, 11) is 0. The van der Waals surface area contributed by atoms with Crippen molar-refractivity contribution in [2.75, 3.05) is 18.4 Å². The predicted octanol–water partition coefficient (Wildman–Crippen LogP) is 3.17. The van der Waals surface area contributed by atoms with Gasteiger partial charge in [0.25, 0.3) is 0 Å². The SMILES string of the molecule is CC(C)(C)N1CCC[C@H]1CNc1ccc2ncc(Br)n2n1. The first-order valence-electron chi connectivity index (χ1n) is 7.46. The molecule has 0 aliphatic carbocycles. The van der Waals surface area contributed by atoms with Gasteiger partial charge in [0.1, 0.15) is 10.4 Å². The summed E-state index contributed by atoms with van der Waals surface area (Å²) in [6.45, 7) is 8.99. The molecule has 0 radical (unpaired) electrons. The number of nitrogens with one attached hydrogen (secondary N) is 1. The first-order valence-corrected chi connectivity index (χ1v) is 8.25. The molecule has 1 aliphatic rings. The Bertz CT molecular complexity index is 631. The second-order valence-electron chi connectivity index (χ2n) is 6.61. The maximum Gasteiger partial charge on any atom is 0.154 e. The summed E-state index contributed by atoms with van der Waals surface area (Å²) in [6, 6.07) is 4.55. The van der Waals surface area contributed by atoms with E-state index in [4.69, 9.17) is 0 Å². The summed E-state index contributed by atoms with van der Waals surface area (Å²) in [5.41, 5.74) is 1.08. The average Bonchev–Trinajstić information content (AvgIpc) is 3.03. The topological polar surface area (TPSA) is 45.5 Å². The van der Waals surface area contributed by atoms with Crippen molar-refractivity contribution >= 4 is 27.4 Å². The Morgan fingerprint density at radius 3 is 2.95 bits per heavy atom. The molecule has 0 saturated carbocycles. The van der Waals surface area contributed by atoms with Gasteiger partial charge in [0.2, 0.25) is 0 Å². The Morgan fingerprint density at radius 1 is 1.38 bits per heavy atom. The van der Waals surface area contributed by atoms with Crippen LogP contribution in [-0.4, -0.2) is 44.2 Å². The van der Waals surface area contributed by atoms with Crippen LogP contribution in [0.2, 0.25) is 0 Å². The van der Waals surface area contributed by atoms with Crippen molar-refractivity contribution in [3.63, 3.8) is 0 Å². The molecule has 3 rings (SSSR count). The van der Waals surface area contributed by atoms with Crippen molar-refractivity contribution in [1.82, 2.24) is 19.5 Å². The smallest absolute Gasteiger partial charge is 0.154 e. The Balaban J connectivity index is 1.70. The number of nitrogens with zero attached hydrogens (tertiary/aromatic N) is 4. The Labute approximate surface area is 133 Å². The van der Waals surface area contributed by atoms with Crippen molar-refractivity contribution in [1.29, 1.82) is 0 Å². The van der Waals surface area contributed by atoms with Crippen molar-refractivity contribution in [3.8, 4) is 0 Å². The third-order valence-corrected chi connectivity index (χ3v) is 4.62. The van der Waals surface area contributed by atoms with Gasteiger partial charge in [-0.2, -0.15) is 0 Å². The lowest BCUT2D eigenvalue weighted by atomic mass is 10.0. The molecular weight excluding hydrogens is 330 g/mol. The monoisotopic (exact) mass is 351 g/mol. The largest absolute Gasteiger partial charge is 0.367 e. The molecule has 0 spiro atoms. The highest BCUT2D eigenvalue weighted by Gasteiger charge is 2.32. The number of likely N-dealkylation sites (tertiary alicyclic amines) is 1. The van der Waals surface area contributed by atoms with Gasteiger partial charge in [-0.1, -0.05) is 0 Å². The van der Waals surface area contributed by atoms with Gasteiger partial charge in [-0.25, -0.2) is 9.50 Å². The summed E-state index contributed by atoms with van der Waals surface area (Å²) < 4.78 is 2.68. The third kappa shape index (κ3) is 3.06. The van der Waals surface area contributed by atoms with E-state index in [1.165, 1.54) is 19.4 Å². The minimum atomic E-state index is 0.230. The minimum Gasteiger partial charge on any atom is -0.367 e. The number of hydrogen-bond donors (Lipinski definition) is 1. The van der Waals surface area contributed by atoms with Crippen LogP contribution in [-0.2, 0) is 0 Å². The van der Waals surface area contributed by atoms with Crippen molar-refractivity contribution < 1.29 is 0 Å². The summed E-state index contributed by atoms with van der Waals surface area (Å²) in [4.78, 5) is 6.85. The predicted molar refractivity (Wildman–Crippen MR) is 88.7 cm³/mol. The van der Waals surface area contributed by atoms with Crippen LogP contribution in [0.4, 0.5) is 5.82 Å². The minimum absolute atomic E-state index is 0.230. The molecule has 1 fully saturated rings. The van der Waals surface area contributed by atoms with E-state index >= 15 is 0 Å². The zero-order valence-corrected chi connectivity index (χ0v) is 14.4. The summed E-state index contributed by atoms with van der Waals surface area (Å²) in [5, 5.41) is 8.04. The zero-order chi connectivity index (χ0) is 15.0. The highest BCUT2D eigenvalue weighted by atomic mass is 79.9. The normalized spacial score (nSPS) is 20.3. The number of rotatable bonds is 3. The van der Waals surface area contributed by atoms with Gasteiger partial charge in [-0.3, -0.25) is 4.90 Å². The van der Waals surface area contributed by atoms with Gasteiger partial charge in [0.05, 0.1) is 6.20 Å². The molecule has 0 bridgehead atoms. The van der Waals surface area contributed by atoms with Crippen LogP contribution in [0.25, 0.3) is 5.65 Å². The van der Waals surface area contributed by atoms with E-state index in [0.29, 0.717) is 6.04 Å². The highest BCUT2D eigenvalue weighted by Crippen LogP contribution is 2.26. The summed E-state index contributed by atoms with van der Waals surface area (Å²) in [5.74, 6) is 0.891. The molecule has 5 nitrogen and oxygen atoms in total. The second-order valence-corrected chi connectivity index (χ2v) is 7.42. The van der Waals surface area contributed by atoms with Gasteiger partial charge in [-0.05, 0) is 68.2 Å². The molecule has 2 aromatic rings. The van der Waals surface area contributed by atoms with E-state index in [-0.39, 0.29) is 5.54 Å². The molecular formula is C15H22BrN5. The van der Waals surface area contributed by atoms with Crippen LogP contribution in [0.1, 0.15) is 33.6 Å². The van der Waals surface area contributed by atoms with Gasteiger partial charge in [0, 0.05) is 18.1 Å². The maximum absolute atomic E-state index is 4.56. The van der Waals surface area contributed by atoms with Crippen LogP contribution >= 0.6 is 15.9 Å². The fourth-order valence-electron chi connectivity index (χ4n) is 3.09. The van der Waals surface area contributed by atoms with E-state index in [9.17, 15) is 0 Å². The molecule has 1 saturated heterocycles. The molecule has 0 aromatic carbocycles. The van der Waals surface area contributed by atoms with Gasteiger partial charge >= 0.3 is 0 Å². The fourth-order valence-corrected chi connectivity index (χ4v) is 3.46. The van der Waals surface area contributed by atoms with E-state index < -0.39 is 0 Å². The number of anilines is 1. The number of hydrogen-bond acceptors (Lipinski definition) is 4. The van der Waals surface area contributed by atoms with Gasteiger partial charge in [-0.15, -0.1) is 5.10 Å². The lowest BCUT2D eigenvalue weighted by Crippen LogP contribution is -2.47. The van der Waals surface area contributed by atoms with Crippen LogP contribution in [0.3, 0.4) is 0 Å². The Kier molecular flexibility index (Phi) is 3.92. The second kappa shape index (κ2) is 5.57. The molecule has 2 aromatic heterocycles. The van der Waals surface area contributed by atoms with Crippen LogP contribution in [0, 0.1) is 0 Å². The molecule has 0 amide bonds. The first kappa shape index (κ1) is 14.8. The zero-order valence-electron chi connectivity index (χ0n) is 12.8.